The summed E-state index contributed by atoms with van der Waals surface area (Å²) in [4.78, 5) is 31.4. The Labute approximate surface area is 163 Å². The van der Waals surface area contributed by atoms with Crippen LogP contribution in [0.4, 0.5) is 0 Å². The van der Waals surface area contributed by atoms with Crippen molar-refractivity contribution in [2.24, 2.45) is 5.92 Å². The maximum Gasteiger partial charge on any atom is 0.257 e. The predicted octanol–water partition coefficient (Wildman–Crippen LogP) is 3.70. The average Bonchev–Trinajstić information content (AvgIpc) is 3.22. The van der Waals surface area contributed by atoms with Crippen LogP contribution in [0.3, 0.4) is 0 Å². The smallest absolute Gasteiger partial charge is 0.257 e. The molecular weight excluding hydrogens is 352 g/mol. The minimum atomic E-state index is -0.000350. The molecule has 1 saturated carbocycles. The van der Waals surface area contributed by atoms with Crippen LogP contribution in [0.2, 0.25) is 0 Å². The zero-order valence-corrected chi connectivity index (χ0v) is 15.7. The topological polar surface area (TPSA) is 63.4 Å². The fourth-order valence-corrected chi connectivity index (χ4v) is 4.05. The number of furan rings is 1. The van der Waals surface area contributed by atoms with Gasteiger partial charge in [-0.1, -0.05) is 18.2 Å². The third-order valence-corrected chi connectivity index (χ3v) is 5.78. The van der Waals surface area contributed by atoms with Gasteiger partial charge in [-0.25, -0.2) is 0 Å². The van der Waals surface area contributed by atoms with Gasteiger partial charge in [-0.05, 0) is 42.5 Å². The largest absolute Gasteiger partial charge is 0.472 e. The Morgan fingerprint density at radius 1 is 1.29 bits per heavy atom. The summed E-state index contributed by atoms with van der Waals surface area (Å²) in [6.07, 6.45) is 13.5. The number of pyridine rings is 1. The summed E-state index contributed by atoms with van der Waals surface area (Å²) in [5.74, 6) is 0.575. The normalized spacial score (nSPS) is 18.1. The van der Waals surface area contributed by atoms with Crippen LogP contribution in [-0.4, -0.2) is 34.7 Å². The molecule has 1 fully saturated rings. The summed E-state index contributed by atoms with van der Waals surface area (Å²) in [6, 6.07) is 3.79. The highest BCUT2D eigenvalue weighted by Crippen LogP contribution is 2.34. The van der Waals surface area contributed by atoms with E-state index in [0.717, 1.165) is 37.1 Å². The molecular formula is C23H22N2O3. The lowest BCUT2D eigenvalue weighted by atomic mass is 9.93. The highest BCUT2D eigenvalue weighted by Gasteiger charge is 2.30. The molecule has 3 aliphatic rings. The van der Waals surface area contributed by atoms with Gasteiger partial charge in [0.15, 0.2) is 0 Å². The monoisotopic (exact) mass is 374 g/mol. The lowest BCUT2D eigenvalue weighted by Crippen LogP contribution is -2.34. The molecule has 0 bridgehead atoms. The SMILES string of the molecule is O=C(Cc1cc(C2=CCN(C(=O)c3ccoc3)CC2)c2c(n1)CC=C2)C1CC1. The molecule has 0 N–H and O–H groups in total. The Balaban J connectivity index is 1.39. The summed E-state index contributed by atoms with van der Waals surface area (Å²) in [5, 5.41) is 0. The first kappa shape index (κ1) is 17.2. The van der Waals surface area contributed by atoms with E-state index < -0.39 is 0 Å². The summed E-state index contributed by atoms with van der Waals surface area (Å²) in [6.45, 7) is 1.25. The Kier molecular flexibility index (Phi) is 4.23. The molecule has 0 spiro atoms. The average molecular weight is 374 g/mol. The van der Waals surface area contributed by atoms with E-state index in [-0.39, 0.29) is 11.8 Å². The van der Waals surface area contributed by atoms with Gasteiger partial charge in [0.1, 0.15) is 12.0 Å². The molecule has 2 aromatic heterocycles. The van der Waals surface area contributed by atoms with Gasteiger partial charge in [-0.3, -0.25) is 14.6 Å². The highest BCUT2D eigenvalue weighted by atomic mass is 16.3. The van der Waals surface area contributed by atoms with Crippen LogP contribution in [0.5, 0.6) is 0 Å². The van der Waals surface area contributed by atoms with E-state index in [4.69, 9.17) is 9.40 Å². The lowest BCUT2D eigenvalue weighted by molar-refractivity contribution is -0.119. The molecule has 3 heterocycles. The molecule has 1 aliphatic heterocycles. The number of Topliss-reactive ketones (excluding diaryl/α,β-unsaturated/α-hetero) is 1. The van der Waals surface area contributed by atoms with Crippen molar-refractivity contribution in [3.63, 3.8) is 0 Å². The fourth-order valence-electron chi connectivity index (χ4n) is 4.05. The molecule has 1 amide bonds. The molecule has 0 radical (unpaired) electrons. The van der Waals surface area contributed by atoms with E-state index in [2.05, 4.69) is 24.3 Å². The van der Waals surface area contributed by atoms with Crippen LogP contribution in [0.1, 0.15) is 52.1 Å². The van der Waals surface area contributed by atoms with Crippen molar-refractivity contribution >= 4 is 23.3 Å². The van der Waals surface area contributed by atoms with Crippen molar-refractivity contribution < 1.29 is 14.0 Å². The van der Waals surface area contributed by atoms with Gasteiger partial charge in [0, 0.05) is 43.1 Å². The predicted molar refractivity (Wildman–Crippen MR) is 106 cm³/mol. The number of hydrogen-bond donors (Lipinski definition) is 0. The second-order valence-electron chi connectivity index (χ2n) is 7.79. The number of ketones is 1. The summed E-state index contributed by atoms with van der Waals surface area (Å²) < 4.78 is 5.03. The van der Waals surface area contributed by atoms with Crippen molar-refractivity contribution in [3.8, 4) is 0 Å². The number of hydrogen-bond acceptors (Lipinski definition) is 4. The molecule has 0 saturated heterocycles. The van der Waals surface area contributed by atoms with E-state index >= 15 is 0 Å². The number of allylic oxidation sites excluding steroid dienone is 1. The van der Waals surface area contributed by atoms with Crippen molar-refractivity contribution in [2.75, 3.05) is 13.1 Å². The molecule has 0 unspecified atom stereocenters. The zero-order chi connectivity index (χ0) is 19.1. The van der Waals surface area contributed by atoms with Gasteiger partial charge in [0.25, 0.3) is 5.91 Å². The summed E-state index contributed by atoms with van der Waals surface area (Å²) in [7, 11) is 0. The first-order valence-corrected chi connectivity index (χ1v) is 9.92. The van der Waals surface area contributed by atoms with Crippen LogP contribution < -0.4 is 0 Å². The van der Waals surface area contributed by atoms with Gasteiger partial charge in [0.2, 0.25) is 0 Å². The second-order valence-corrected chi connectivity index (χ2v) is 7.79. The molecule has 0 atom stereocenters. The molecule has 5 rings (SSSR count). The summed E-state index contributed by atoms with van der Waals surface area (Å²) >= 11 is 0. The van der Waals surface area contributed by atoms with Crippen molar-refractivity contribution in [2.45, 2.75) is 32.1 Å². The number of nitrogens with zero attached hydrogens (tertiary/aromatic N) is 2. The van der Waals surface area contributed by atoms with Gasteiger partial charge in [-0.2, -0.15) is 0 Å². The molecule has 5 nitrogen and oxygen atoms in total. The van der Waals surface area contributed by atoms with Crippen molar-refractivity contribution in [1.29, 1.82) is 0 Å². The van der Waals surface area contributed by atoms with Crippen molar-refractivity contribution in [3.05, 3.63) is 64.9 Å². The Morgan fingerprint density at radius 3 is 2.89 bits per heavy atom. The van der Waals surface area contributed by atoms with E-state index in [0.29, 0.717) is 30.9 Å². The molecule has 2 aromatic rings. The van der Waals surface area contributed by atoms with E-state index in [1.54, 1.807) is 6.07 Å². The Bertz CT molecular complexity index is 997. The number of carbonyl (C=O) groups excluding carboxylic acids is 2. The third kappa shape index (κ3) is 3.21. The molecule has 142 valence electrons. The third-order valence-electron chi connectivity index (χ3n) is 5.78. The number of carbonyl (C=O) groups is 2. The number of amides is 1. The van der Waals surface area contributed by atoms with Crippen molar-refractivity contribution in [1.82, 2.24) is 9.88 Å². The van der Waals surface area contributed by atoms with E-state index in [1.807, 2.05) is 4.90 Å². The molecule has 2 aliphatic carbocycles. The van der Waals surface area contributed by atoms with Crippen LogP contribution in [-0.2, 0) is 17.6 Å². The first-order chi connectivity index (χ1) is 13.7. The van der Waals surface area contributed by atoms with Crippen LogP contribution in [0.25, 0.3) is 11.6 Å². The van der Waals surface area contributed by atoms with Crippen LogP contribution >= 0.6 is 0 Å². The minimum Gasteiger partial charge on any atom is -0.472 e. The maximum absolute atomic E-state index is 12.5. The number of rotatable bonds is 5. The van der Waals surface area contributed by atoms with Gasteiger partial charge in [-0.15, -0.1) is 0 Å². The van der Waals surface area contributed by atoms with Crippen LogP contribution in [0, 0.1) is 5.92 Å². The van der Waals surface area contributed by atoms with Gasteiger partial charge >= 0.3 is 0 Å². The van der Waals surface area contributed by atoms with Gasteiger partial charge < -0.3 is 9.32 Å². The number of fused-ring (bicyclic) bond motifs is 1. The van der Waals surface area contributed by atoms with E-state index in [1.165, 1.54) is 29.2 Å². The molecule has 0 aromatic carbocycles. The fraction of sp³-hybridized carbons (Fsp3) is 0.348. The molecule has 28 heavy (non-hydrogen) atoms. The molecule has 5 heteroatoms. The van der Waals surface area contributed by atoms with Gasteiger partial charge in [0.05, 0.1) is 17.5 Å². The minimum absolute atomic E-state index is 0.000350. The van der Waals surface area contributed by atoms with E-state index in [9.17, 15) is 9.59 Å². The highest BCUT2D eigenvalue weighted by molar-refractivity contribution is 5.94. The quantitative estimate of drug-likeness (QED) is 0.801. The first-order valence-electron chi connectivity index (χ1n) is 9.92. The number of aromatic nitrogens is 1. The summed E-state index contributed by atoms with van der Waals surface area (Å²) in [5.41, 5.74) is 6.12. The lowest BCUT2D eigenvalue weighted by Gasteiger charge is -2.27. The maximum atomic E-state index is 12.5. The Hall–Kier alpha value is -2.95. The second kappa shape index (κ2) is 6.89. The standard InChI is InChI=1S/C23H22N2O3/c26-22(16-4-5-16)13-18-12-20(19-2-1-3-21(19)24-18)15-6-9-25(10-7-15)23(27)17-8-11-28-14-17/h1-2,6,8,11-12,14,16H,3-5,7,9-10,13H2. The zero-order valence-electron chi connectivity index (χ0n) is 15.7. The Morgan fingerprint density at radius 2 is 2.18 bits per heavy atom. The van der Waals surface area contributed by atoms with Crippen LogP contribution in [0.15, 0.2) is 41.2 Å².